The van der Waals surface area contributed by atoms with E-state index in [0.717, 1.165) is 19.3 Å². The SMILES string of the molecule is CCCCCCCCCCC(O)(CCCCCCCCCC)CCCCN(C(C)C)C(C)C. The molecular weight excluding hydrogens is 402 g/mol. The minimum atomic E-state index is -0.412. The summed E-state index contributed by atoms with van der Waals surface area (Å²) in [5, 5.41) is 11.5. The second-order valence-corrected chi connectivity index (χ2v) is 11.6. The Hall–Kier alpha value is -0.0800. The molecule has 0 bridgehead atoms. The van der Waals surface area contributed by atoms with Crippen LogP contribution >= 0.6 is 0 Å². The van der Waals surface area contributed by atoms with Gasteiger partial charge in [-0.2, -0.15) is 0 Å². The standard InChI is InChI=1S/C31H65NO/c1-7-9-11-13-15-17-19-21-25-31(33,26-22-20-18-16-14-12-10-8-2)27-23-24-28-32(29(3)4)30(5)6/h29-30,33H,7-28H2,1-6H3. The Morgan fingerprint density at radius 3 is 1.12 bits per heavy atom. The van der Waals surface area contributed by atoms with Crippen molar-refractivity contribution in [3.05, 3.63) is 0 Å². The largest absolute Gasteiger partial charge is 0.390 e. The van der Waals surface area contributed by atoms with E-state index in [1.54, 1.807) is 0 Å². The highest BCUT2D eigenvalue weighted by Gasteiger charge is 2.25. The van der Waals surface area contributed by atoms with Gasteiger partial charge in [0.25, 0.3) is 0 Å². The van der Waals surface area contributed by atoms with E-state index in [9.17, 15) is 5.11 Å². The first-order valence-corrected chi connectivity index (χ1v) is 15.3. The molecule has 0 atom stereocenters. The minimum Gasteiger partial charge on any atom is -0.390 e. The van der Waals surface area contributed by atoms with Crippen LogP contribution in [0.15, 0.2) is 0 Å². The maximum Gasteiger partial charge on any atom is 0.0647 e. The summed E-state index contributed by atoms with van der Waals surface area (Å²) in [6.45, 7) is 15.0. The fourth-order valence-corrected chi connectivity index (χ4v) is 5.41. The molecule has 0 heterocycles. The molecule has 33 heavy (non-hydrogen) atoms. The van der Waals surface area contributed by atoms with Gasteiger partial charge in [-0.3, -0.25) is 4.90 Å². The topological polar surface area (TPSA) is 23.5 Å². The zero-order valence-corrected chi connectivity index (χ0v) is 24.1. The van der Waals surface area contributed by atoms with Crippen LogP contribution in [0.25, 0.3) is 0 Å². The summed E-state index contributed by atoms with van der Waals surface area (Å²) in [6, 6.07) is 1.22. The molecule has 0 saturated heterocycles. The molecule has 0 aromatic carbocycles. The molecule has 0 aromatic heterocycles. The zero-order chi connectivity index (χ0) is 24.8. The average molecular weight is 468 g/mol. The van der Waals surface area contributed by atoms with E-state index in [1.807, 2.05) is 0 Å². The number of hydrogen-bond acceptors (Lipinski definition) is 2. The first-order chi connectivity index (χ1) is 15.9. The van der Waals surface area contributed by atoms with E-state index in [-0.39, 0.29) is 0 Å². The fraction of sp³-hybridized carbons (Fsp3) is 1.00. The quantitative estimate of drug-likeness (QED) is 0.135. The predicted molar refractivity (Wildman–Crippen MR) is 150 cm³/mol. The highest BCUT2D eigenvalue weighted by molar-refractivity contribution is 4.79. The van der Waals surface area contributed by atoms with Gasteiger partial charge in [0, 0.05) is 12.1 Å². The monoisotopic (exact) mass is 468 g/mol. The first-order valence-electron chi connectivity index (χ1n) is 15.3. The van der Waals surface area contributed by atoms with Crippen molar-refractivity contribution >= 4 is 0 Å². The molecular formula is C31H65NO. The second-order valence-electron chi connectivity index (χ2n) is 11.6. The van der Waals surface area contributed by atoms with Gasteiger partial charge in [-0.1, -0.05) is 117 Å². The minimum absolute atomic E-state index is 0.412. The van der Waals surface area contributed by atoms with E-state index in [4.69, 9.17) is 0 Å². The van der Waals surface area contributed by atoms with Crippen LogP contribution in [-0.4, -0.2) is 34.2 Å². The lowest BCUT2D eigenvalue weighted by atomic mass is 9.85. The number of aliphatic hydroxyl groups is 1. The molecule has 0 fully saturated rings. The van der Waals surface area contributed by atoms with Crippen molar-refractivity contribution in [1.82, 2.24) is 4.90 Å². The van der Waals surface area contributed by atoms with Gasteiger partial charge < -0.3 is 5.11 Å². The summed E-state index contributed by atoms with van der Waals surface area (Å²) in [4.78, 5) is 2.59. The average Bonchev–Trinajstić information content (AvgIpc) is 2.77. The predicted octanol–water partition coefficient (Wildman–Crippen LogP) is 10.1. The van der Waals surface area contributed by atoms with Gasteiger partial charge in [-0.15, -0.1) is 0 Å². The first kappa shape index (κ1) is 32.9. The summed E-state index contributed by atoms with van der Waals surface area (Å²) in [6.07, 6.45) is 27.0. The van der Waals surface area contributed by atoms with E-state index >= 15 is 0 Å². The van der Waals surface area contributed by atoms with Crippen LogP contribution in [-0.2, 0) is 0 Å². The lowest BCUT2D eigenvalue weighted by Gasteiger charge is -2.32. The number of unbranched alkanes of at least 4 members (excludes halogenated alkanes) is 15. The molecule has 0 rings (SSSR count). The summed E-state index contributed by atoms with van der Waals surface area (Å²) < 4.78 is 0. The second kappa shape index (κ2) is 22.4. The van der Waals surface area contributed by atoms with Crippen LogP contribution in [0.1, 0.15) is 176 Å². The highest BCUT2D eigenvalue weighted by Crippen LogP contribution is 2.29. The Bertz CT molecular complexity index is 364. The van der Waals surface area contributed by atoms with E-state index in [1.165, 1.54) is 122 Å². The molecule has 0 amide bonds. The smallest absolute Gasteiger partial charge is 0.0647 e. The highest BCUT2D eigenvalue weighted by atomic mass is 16.3. The molecule has 0 spiro atoms. The van der Waals surface area contributed by atoms with Crippen LogP contribution in [0.4, 0.5) is 0 Å². The van der Waals surface area contributed by atoms with Gasteiger partial charge in [-0.05, 0) is 66.3 Å². The Morgan fingerprint density at radius 2 is 0.788 bits per heavy atom. The maximum atomic E-state index is 11.5. The number of rotatable bonds is 25. The van der Waals surface area contributed by atoms with Gasteiger partial charge in [0.05, 0.1) is 5.60 Å². The Morgan fingerprint density at radius 1 is 0.485 bits per heavy atom. The van der Waals surface area contributed by atoms with Crippen molar-refractivity contribution in [3.63, 3.8) is 0 Å². The Balaban J connectivity index is 4.31. The van der Waals surface area contributed by atoms with Crippen molar-refractivity contribution in [2.45, 2.75) is 194 Å². The molecule has 0 aliphatic heterocycles. The van der Waals surface area contributed by atoms with Crippen molar-refractivity contribution in [2.24, 2.45) is 0 Å². The van der Waals surface area contributed by atoms with Crippen molar-refractivity contribution in [1.29, 1.82) is 0 Å². The summed E-state index contributed by atoms with van der Waals surface area (Å²) >= 11 is 0. The molecule has 0 unspecified atom stereocenters. The van der Waals surface area contributed by atoms with Crippen molar-refractivity contribution in [2.75, 3.05) is 6.54 Å². The van der Waals surface area contributed by atoms with E-state index < -0.39 is 5.60 Å². The number of hydrogen-bond donors (Lipinski definition) is 1. The van der Waals surface area contributed by atoms with Crippen LogP contribution < -0.4 is 0 Å². The molecule has 0 radical (unpaired) electrons. The molecule has 2 heteroatoms. The van der Waals surface area contributed by atoms with Crippen LogP contribution in [0, 0.1) is 0 Å². The summed E-state index contributed by atoms with van der Waals surface area (Å²) in [7, 11) is 0. The summed E-state index contributed by atoms with van der Waals surface area (Å²) in [5.74, 6) is 0. The van der Waals surface area contributed by atoms with Gasteiger partial charge in [-0.25, -0.2) is 0 Å². The van der Waals surface area contributed by atoms with Crippen molar-refractivity contribution < 1.29 is 5.11 Å². The third-order valence-corrected chi connectivity index (χ3v) is 7.63. The molecule has 200 valence electrons. The lowest BCUT2D eigenvalue weighted by molar-refractivity contribution is 0.00622. The van der Waals surface area contributed by atoms with Gasteiger partial charge in [0.1, 0.15) is 0 Å². The molecule has 0 aliphatic rings. The molecule has 0 saturated carbocycles. The number of nitrogens with zero attached hydrogens (tertiary/aromatic N) is 1. The zero-order valence-electron chi connectivity index (χ0n) is 24.1. The third-order valence-electron chi connectivity index (χ3n) is 7.63. The van der Waals surface area contributed by atoms with Crippen molar-refractivity contribution in [3.8, 4) is 0 Å². The van der Waals surface area contributed by atoms with E-state index in [2.05, 4.69) is 46.4 Å². The van der Waals surface area contributed by atoms with Crippen LogP contribution in [0.5, 0.6) is 0 Å². The van der Waals surface area contributed by atoms with Crippen LogP contribution in [0.2, 0.25) is 0 Å². The Labute approximate surface area is 210 Å². The third kappa shape index (κ3) is 19.9. The normalized spacial score (nSPS) is 12.5. The molecule has 0 aromatic rings. The molecule has 2 nitrogen and oxygen atoms in total. The van der Waals surface area contributed by atoms with Gasteiger partial charge in [0.2, 0.25) is 0 Å². The maximum absolute atomic E-state index is 11.5. The van der Waals surface area contributed by atoms with Crippen LogP contribution in [0.3, 0.4) is 0 Å². The Kier molecular flexibility index (Phi) is 22.3. The van der Waals surface area contributed by atoms with Gasteiger partial charge >= 0.3 is 0 Å². The van der Waals surface area contributed by atoms with E-state index in [0.29, 0.717) is 12.1 Å². The summed E-state index contributed by atoms with van der Waals surface area (Å²) in [5.41, 5.74) is -0.412. The fourth-order valence-electron chi connectivity index (χ4n) is 5.41. The molecule has 1 N–H and O–H groups in total. The lowest BCUT2D eigenvalue weighted by Crippen LogP contribution is -2.38. The van der Waals surface area contributed by atoms with Gasteiger partial charge in [0.15, 0.2) is 0 Å². The molecule has 0 aliphatic carbocycles.